The van der Waals surface area contributed by atoms with E-state index in [-0.39, 0.29) is 11.9 Å². The molecule has 1 aromatic carbocycles. The van der Waals surface area contributed by atoms with Crippen LogP contribution in [0.3, 0.4) is 0 Å². The Balaban J connectivity index is 1.41. The molecule has 0 radical (unpaired) electrons. The molecule has 4 rings (SSSR count). The monoisotopic (exact) mass is 349 g/mol. The van der Waals surface area contributed by atoms with Crippen molar-refractivity contribution >= 4 is 23.3 Å². The van der Waals surface area contributed by atoms with Crippen LogP contribution < -0.4 is 5.32 Å². The van der Waals surface area contributed by atoms with Crippen LogP contribution in [0.25, 0.3) is 0 Å². The smallest absolute Gasteiger partial charge is 0.316 e. The summed E-state index contributed by atoms with van der Waals surface area (Å²) in [5.74, 6) is 0.0273. The van der Waals surface area contributed by atoms with Gasteiger partial charge in [0.15, 0.2) is 0 Å². The first-order valence-electron chi connectivity index (χ1n) is 8.52. The highest BCUT2D eigenvalue weighted by molar-refractivity contribution is 6.04. The van der Waals surface area contributed by atoms with Crippen molar-refractivity contribution in [3.8, 4) is 0 Å². The SMILES string of the molecule is CN1N=C(c2ccc(NC(=O)N3Cc4ccncc4C3)cc2)CCC1=O. The van der Waals surface area contributed by atoms with Crippen molar-refractivity contribution in [1.29, 1.82) is 0 Å². The van der Waals surface area contributed by atoms with Gasteiger partial charge in [-0.3, -0.25) is 9.78 Å². The number of hydrogen-bond acceptors (Lipinski definition) is 4. The molecular formula is C19H19N5O2. The zero-order chi connectivity index (χ0) is 18.1. The Bertz CT molecular complexity index is 866. The van der Waals surface area contributed by atoms with Crippen LogP contribution in [0, 0.1) is 0 Å². The Kier molecular flexibility index (Phi) is 4.12. The molecule has 1 aromatic heterocycles. The number of pyridine rings is 1. The van der Waals surface area contributed by atoms with Crippen LogP contribution in [0.5, 0.6) is 0 Å². The minimum absolute atomic E-state index is 0.0273. The maximum Gasteiger partial charge on any atom is 0.322 e. The fraction of sp³-hybridized carbons (Fsp3) is 0.263. The maximum absolute atomic E-state index is 12.5. The number of carbonyl (C=O) groups is 2. The third-order valence-corrected chi connectivity index (χ3v) is 4.69. The van der Waals surface area contributed by atoms with E-state index < -0.39 is 0 Å². The van der Waals surface area contributed by atoms with E-state index in [0.717, 1.165) is 28.1 Å². The Hall–Kier alpha value is -3.22. The maximum atomic E-state index is 12.5. The molecule has 0 saturated carbocycles. The third kappa shape index (κ3) is 3.15. The van der Waals surface area contributed by atoms with Gasteiger partial charge in [0.05, 0.1) is 5.71 Å². The Morgan fingerprint density at radius 1 is 1.08 bits per heavy atom. The van der Waals surface area contributed by atoms with E-state index in [2.05, 4.69) is 15.4 Å². The van der Waals surface area contributed by atoms with Gasteiger partial charge in [-0.15, -0.1) is 0 Å². The van der Waals surface area contributed by atoms with Crippen LogP contribution in [0.4, 0.5) is 10.5 Å². The summed E-state index contributed by atoms with van der Waals surface area (Å²) in [5.41, 5.74) is 4.80. The number of nitrogens with one attached hydrogen (secondary N) is 1. The van der Waals surface area contributed by atoms with E-state index in [1.165, 1.54) is 5.01 Å². The first-order chi connectivity index (χ1) is 12.6. The van der Waals surface area contributed by atoms with Gasteiger partial charge in [-0.2, -0.15) is 5.10 Å². The standard InChI is InChI=1S/C19H19N5O2/c1-23-18(25)7-6-17(22-23)13-2-4-16(5-3-13)21-19(26)24-11-14-8-9-20-10-15(14)12-24/h2-5,8-10H,6-7,11-12H2,1H3,(H,21,26). The van der Waals surface area contributed by atoms with Crippen molar-refractivity contribution in [2.24, 2.45) is 5.10 Å². The van der Waals surface area contributed by atoms with E-state index in [1.807, 2.05) is 36.5 Å². The molecule has 132 valence electrons. The molecule has 1 N–H and O–H groups in total. The lowest BCUT2D eigenvalue weighted by Gasteiger charge is -2.20. The van der Waals surface area contributed by atoms with Crippen molar-refractivity contribution in [3.63, 3.8) is 0 Å². The molecule has 0 unspecified atom stereocenters. The molecule has 7 nitrogen and oxygen atoms in total. The minimum atomic E-state index is -0.130. The topological polar surface area (TPSA) is 77.9 Å². The van der Waals surface area contributed by atoms with Gasteiger partial charge in [0.25, 0.3) is 0 Å². The normalized spacial score (nSPS) is 16.3. The van der Waals surface area contributed by atoms with Crippen LogP contribution in [0.2, 0.25) is 0 Å². The Morgan fingerprint density at radius 3 is 2.58 bits per heavy atom. The molecule has 0 saturated heterocycles. The van der Waals surface area contributed by atoms with E-state index in [4.69, 9.17) is 0 Å². The van der Waals surface area contributed by atoms with Crippen molar-refractivity contribution in [2.45, 2.75) is 25.9 Å². The zero-order valence-corrected chi connectivity index (χ0v) is 14.5. The Labute approximate surface area is 151 Å². The number of anilines is 1. The van der Waals surface area contributed by atoms with Crippen LogP contribution in [0.1, 0.15) is 29.5 Å². The number of rotatable bonds is 2. The summed E-state index contributed by atoms with van der Waals surface area (Å²) >= 11 is 0. The van der Waals surface area contributed by atoms with Crippen LogP contribution >= 0.6 is 0 Å². The molecule has 3 heterocycles. The number of fused-ring (bicyclic) bond motifs is 1. The first kappa shape index (κ1) is 16.3. The van der Waals surface area contributed by atoms with E-state index >= 15 is 0 Å². The fourth-order valence-corrected chi connectivity index (χ4v) is 3.19. The molecule has 2 aliphatic rings. The first-order valence-corrected chi connectivity index (χ1v) is 8.52. The molecule has 7 heteroatoms. The van der Waals surface area contributed by atoms with Gasteiger partial charge in [0.2, 0.25) is 5.91 Å². The van der Waals surface area contributed by atoms with Gasteiger partial charge in [-0.05, 0) is 34.9 Å². The fourth-order valence-electron chi connectivity index (χ4n) is 3.19. The van der Waals surface area contributed by atoms with Crippen LogP contribution in [-0.2, 0) is 17.9 Å². The lowest BCUT2D eigenvalue weighted by Crippen LogP contribution is -2.30. The van der Waals surface area contributed by atoms with Crippen LogP contribution in [0.15, 0.2) is 47.8 Å². The molecule has 0 fully saturated rings. The highest BCUT2D eigenvalue weighted by Gasteiger charge is 2.23. The van der Waals surface area contributed by atoms with Gasteiger partial charge >= 0.3 is 6.03 Å². The number of carbonyl (C=O) groups excluding carboxylic acids is 2. The summed E-state index contributed by atoms with van der Waals surface area (Å²) in [4.78, 5) is 29.9. The second-order valence-corrected chi connectivity index (χ2v) is 6.47. The molecule has 2 aromatic rings. The zero-order valence-electron chi connectivity index (χ0n) is 14.5. The van der Waals surface area contributed by atoms with E-state index in [1.54, 1.807) is 18.1 Å². The molecule has 0 spiro atoms. The summed E-state index contributed by atoms with van der Waals surface area (Å²) in [6, 6.07) is 9.37. The number of urea groups is 1. The van der Waals surface area contributed by atoms with Gasteiger partial charge < -0.3 is 10.2 Å². The van der Waals surface area contributed by atoms with Crippen molar-refractivity contribution in [3.05, 3.63) is 59.4 Å². The number of nitrogens with zero attached hydrogens (tertiary/aromatic N) is 4. The minimum Gasteiger partial charge on any atom is -0.316 e. The second kappa shape index (κ2) is 6.59. The average Bonchev–Trinajstić information content (AvgIpc) is 3.09. The summed E-state index contributed by atoms with van der Waals surface area (Å²) in [6.07, 6.45) is 4.66. The molecular weight excluding hydrogens is 330 g/mol. The molecule has 26 heavy (non-hydrogen) atoms. The lowest BCUT2D eigenvalue weighted by molar-refractivity contribution is -0.130. The number of amides is 3. The number of hydrogen-bond donors (Lipinski definition) is 1. The van der Waals surface area contributed by atoms with E-state index in [0.29, 0.717) is 25.9 Å². The summed E-state index contributed by atoms with van der Waals surface area (Å²) in [7, 11) is 1.67. The van der Waals surface area contributed by atoms with E-state index in [9.17, 15) is 9.59 Å². The summed E-state index contributed by atoms with van der Waals surface area (Å²) < 4.78 is 0. The highest BCUT2D eigenvalue weighted by Crippen LogP contribution is 2.22. The van der Waals surface area contributed by atoms with Gasteiger partial charge in [0.1, 0.15) is 0 Å². The molecule has 3 amide bonds. The quantitative estimate of drug-likeness (QED) is 0.905. The Morgan fingerprint density at radius 2 is 1.85 bits per heavy atom. The van der Waals surface area contributed by atoms with Crippen molar-refractivity contribution < 1.29 is 9.59 Å². The number of benzene rings is 1. The van der Waals surface area contributed by atoms with Crippen LogP contribution in [-0.4, -0.2) is 39.6 Å². The summed E-state index contributed by atoms with van der Waals surface area (Å²) in [5, 5.41) is 8.62. The van der Waals surface area contributed by atoms with Crippen molar-refractivity contribution in [2.75, 3.05) is 12.4 Å². The van der Waals surface area contributed by atoms with Gasteiger partial charge in [-0.25, -0.2) is 9.80 Å². The number of hydrazone groups is 1. The molecule has 0 bridgehead atoms. The predicted molar refractivity (Wildman–Crippen MR) is 97.5 cm³/mol. The predicted octanol–water partition coefficient (Wildman–Crippen LogP) is 2.59. The van der Waals surface area contributed by atoms with Gasteiger partial charge in [0, 0.05) is 51.1 Å². The highest BCUT2D eigenvalue weighted by atomic mass is 16.2. The average molecular weight is 349 g/mol. The molecule has 0 atom stereocenters. The number of aromatic nitrogens is 1. The molecule has 2 aliphatic heterocycles. The summed E-state index contributed by atoms with van der Waals surface area (Å²) in [6.45, 7) is 1.17. The largest absolute Gasteiger partial charge is 0.322 e. The van der Waals surface area contributed by atoms with Gasteiger partial charge in [-0.1, -0.05) is 12.1 Å². The second-order valence-electron chi connectivity index (χ2n) is 6.47. The molecule has 0 aliphatic carbocycles. The third-order valence-electron chi connectivity index (χ3n) is 4.69. The van der Waals surface area contributed by atoms with Crippen molar-refractivity contribution in [1.82, 2.24) is 14.9 Å². The lowest BCUT2D eigenvalue weighted by atomic mass is 10.0.